The van der Waals surface area contributed by atoms with Crippen molar-refractivity contribution in [2.45, 2.75) is 59.4 Å². The van der Waals surface area contributed by atoms with E-state index >= 15 is 0 Å². The van der Waals surface area contributed by atoms with E-state index in [0.717, 1.165) is 25.7 Å². The van der Waals surface area contributed by atoms with Gasteiger partial charge in [0.15, 0.2) is 0 Å². The summed E-state index contributed by atoms with van der Waals surface area (Å²) in [5.74, 6) is 1.99. The first-order valence-electron chi connectivity index (χ1n) is 8.15. The average Bonchev–Trinajstić information content (AvgIpc) is 2.94. The molecule has 112 valence electrons. The Hall–Kier alpha value is -1.12. The van der Waals surface area contributed by atoms with Crippen LogP contribution in [0.5, 0.6) is 0 Å². The highest BCUT2D eigenvalue weighted by Gasteiger charge is 2.51. The molecule has 2 aliphatic rings. The fraction of sp³-hybridized carbons (Fsp3) is 0.765. The molecule has 0 saturated heterocycles. The van der Waals surface area contributed by atoms with Crippen molar-refractivity contribution >= 4 is 11.8 Å². The molecule has 1 fully saturated rings. The van der Waals surface area contributed by atoms with Crippen molar-refractivity contribution < 1.29 is 9.59 Å². The van der Waals surface area contributed by atoms with Crippen LogP contribution in [0.15, 0.2) is 12.2 Å². The smallest absolute Gasteiger partial charge is 0.253 e. The van der Waals surface area contributed by atoms with E-state index in [1.807, 2.05) is 0 Å². The van der Waals surface area contributed by atoms with Crippen molar-refractivity contribution in [3.05, 3.63) is 12.2 Å². The second-order valence-corrected chi connectivity index (χ2v) is 6.16. The second-order valence-electron chi connectivity index (χ2n) is 6.16. The van der Waals surface area contributed by atoms with Gasteiger partial charge in [0, 0.05) is 18.2 Å². The van der Waals surface area contributed by atoms with Crippen molar-refractivity contribution in [3.8, 4) is 0 Å². The van der Waals surface area contributed by atoms with Gasteiger partial charge in [0.25, 0.3) is 11.8 Å². The van der Waals surface area contributed by atoms with Gasteiger partial charge in [-0.3, -0.25) is 14.5 Å². The molecule has 2 rings (SSSR count). The topological polar surface area (TPSA) is 37.4 Å². The summed E-state index contributed by atoms with van der Waals surface area (Å²) in [6, 6.07) is 0.106. The molecule has 0 unspecified atom stereocenters. The van der Waals surface area contributed by atoms with Crippen LogP contribution in [0.4, 0.5) is 0 Å². The molecule has 1 saturated carbocycles. The third-order valence-corrected chi connectivity index (χ3v) is 5.55. The molecule has 3 heteroatoms. The molecule has 0 aromatic carbocycles. The Morgan fingerprint density at radius 1 is 0.750 bits per heavy atom. The van der Waals surface area contributed by atoms with Crippen LogP contribution in [0, 0.1) is 23.7 Å². The lowest BCUT2D eigenvalue weighted by Gasteiger charge is -2.33. The SMILES string of the molecule is CC[C@H]1[C@H](CC)[C@H](CC)C(N2C(=O)C=CC2=O)[C@H]1CC. The maximum absolute atomic E-state index is 12.1. The Morgan fingerprint density at radius 2 is 1.10 bits per heavy atom. The molecule has 20 heavy (non-hydrogen) atoms. The van der Waals surface area contributed by atoms with E-state index in [2.05, 4.69) is 27.7 Å². The zero-order valence-electron chi connectivity index (χ0n) is 13.1. The molecule has 0 aromatic heterocycles. The summed E-state index contributed by atoms with van der Waals surface area (Å²) in [7, 11) is 0. The minimum absolute atomic E-state index is 0.106. The number of rotatable bonds is 5. The molecule has 0 spiro atoms. The predicted octanol–water partition coefficient (Wildman–Crippen LogP) is 3.40. The van der Waals surface area contributed by atoms with Gasteiger partial charge >= 0.3 is 0 Å². The zero-order chi connectivity index (χ0) is 14.9. The molecule has 0 radical (unpaired) electrons. The van der Waals surface area contributed by atoms with E-state index in [1.54, 1.807) is 4.90 Å². The molecule has 1 aliphatic heterocycles. The molecule has 4 atom stereocenters. The lowest BCUT2D eigenvalue weighted by molar-refractivity contribution is -0.141. The largest absolute Gasteiger partial charge is 0.272 e. The molecule has 1 aliphatic carbocycles. The fourth-order valence-corrected chi connectivity index (χ4v) is 4.85. The average molecular weight is 277 g/mol. The second kappa shape index (κ2) is 6.11. The molecule has 2 amide bonds. The van der Waals surface area contributed by atoms with Gasteiger partial charge in [-0.25, -0.2) is 0 Å². The third-order valence-electron chi connectivity index (χ3n) is 5.55. The number of amides is 2. The van der Waals surface area contributed by atoms with E-state index in [9.17, 15) is 9.59 Å². The molecule has 0 N–H and O–H groups in total. The van der Waals surface area contributed by atoms with E-state index in [4.69, 9.17) is 0 Å². The van der Waals surface area contributed by atoms with Crippen LogP contribution >= 0.6 is 0 Å². The quantitative estimate of drug-likeness (QED) is 0.722. The van der Waals surface area contributed by atoms with Gasteiger partial charge in [-0.1, -0.05) is 53.4 Å². The maximum Gasteiger partial charge on any atom is 0.253 e. The van der Waals surface area contributed by atoms with Gasteiger partial charge in [0.05, 0.1) is 0 Å². The van der Waals surface area contributed by atoms with E-state index in [-0.39, 0.29) is 17.9 Å². The predicted molar refractivity (Wildman–Crippen MR) is 79.9 cm³/mol. The molecule has 0 aromatic rings. The highest BCUT2D eigenvalue weighted by atomic mass is 16.2. The molecule has 3 nitrogen and oxygen atoms in total. The summed E-state index contributed by atoms with van der Waals surface area (Å²) in [5, 5.41) is 0. The number of hydrogen-bond acceptors (Lipinski definition) is 2. The van der Waals surface area contributed by atoms with E-state index in [1.165, 1.54) is 12.2 Å². The maximum atomic E-state index is 12.1. The Kier molecular flexibility index (Phi) is 4.66. The number of hydrogen-bond donors (Lipinski definition) is 0. The minimum Gasteiger partial charge on any atom is -0.272 e. The molecular formula is C17H27NO2. The first-order chi connectivity index (χ1) is 9.60. The molecular weight excluding hydrogens is 250 g/mol. The van der Waals surface area contributed by atoms with Crippen molar-refractivity contribution in [2.24, 2.45) is 23.7 Å². The highest BCUT2D eigenvalue weighted by molar-refractivity contribution is 6.13. The van der Waals surface area contributed by atoms with Crippen LogP contribution in [0.3, 0.4) is 0 Å². The molecule has 1 heterocycles. The van der Waals surface area contributed by atoms with Crippen molar-refractivity contribution in [3.63, 3.8) is 0 Å². The van der Waals surface area contributed by atoms with Crippen LogP contribution in [0.1, 0.15) is 53.4 Å². The summed E-state index contributed by atoms with van der Waals surface area (Å²) >= 11 is 0. The summed E-state index contributed by atoms with van der Waals surface area (Å²) in [6.07, 6.45) is 7.26. The first kappa shape index (κ1) is 15.3. The summed E-state index contributed by atoms with van der Waals surface area (Å²) in [4.78, 5) is 25.8. The summed E-state index contributed by atoms with van der Waals surface area (Å²) in [6.45, 7) is 8.89. The number of carbonyl (C=O) groups is 2. The van der Waals surface area contributed by atoms with Gasteiger partial charge in [0.2, 0.25) is 0 Å². The monoisotopic (exact) mass is 277 g/mol. The normalized spacial score (nSPS) is 37.2. The Labute approximate surface area is 122 Å². The molecule has 0 bridgehead atoms. The summed E-state index contributed by atoms with van der Waals surface area (Å²) < 4.78 is 0. The van der Waals surface area contributed by atoms with Crippen LogP contribution < -0.4 is 0 Å². The zero-order valence-corrected chi connectivity index (χ0v) is 13.1. The number of nitrogens with zero attached hydrogens (tertiary/aromatic N) is 1. The first-order valence-corrected chi connectivity index (χ1v) is 8.15. The van der Waals surface area contributed by atoms with Crippen LogP contribution in [0.25, 0.3) is 0 Å². The van der Waals surface area contributed by atoms with Gasteiger partial charge < -0.3 is 0 Å². The van der Waals surface area contributed by atoms with Crippen molar-refractivity contribution in [1.82, 2.24) is 4.90 Å². The van der Waals surface area contributed by atoms with Crippen molar-refractivity contribution in [2.75, 3.05) is 0 Å². The Morgan fingerprint density at radius 3 is 1.40 bits per heavy atom. The van der Waals surface area contributed by atoms with Gasteiger partial charge in [0.1, 0.15) is 0 Å². The lowest BCUT2D eigenvalue weighted by atomic mass is 9.82. The van der Waals surface area contributed by atoms with Gasteiger partial charge in [-0.2, -0.15) is 0 Å². The highest BCUT2D eigenvalue weighted by Crippen LogP contribution is 2.50. The number of carbonyl (C=O) groups excluding carboxylic acids is 2. The summed E-state index contributed by atoms with van der Waals surface area (Å²) in [5.41, 5.74) is 0. The van der Waals surface area contributed by atoms with Crippen LogP contribution in [-0.4, -0.2) is 22.8 Å². The van der Waals surface area contributed by atoms with Crippen molar-refractivity contribution in [1.29, 1.82) is 0 Å². The lowest BCUT2D eigenvalue weighted by Crippen LogP contribution is -2.46. The Bertz CT molecular complexity index is 379. The third kappa shape index (κ3) is 2.21. The Balaban J connectivity index is 2.37. The van der Waals surface area contributed by atoms with Gasteiger partial charge in [-0.05, 0) is 23.7 Å². The van der Waals surface area contributed by atoms with E-state index < -0.39 is 0 Å². The number of imide groups is 1. The van der Waals surface area contributed by atoms with Gasteiger partial charge in [-0.15, -0.1) is 0 Å². The van der Waals surface area contributed by atoms with Crippen LogP contribution in [0.2, 0.25) is 0 Å². The van der Waals surface area contributed by atoms with E-state index in [0.29, 0.717) is 23.7 Å². The standard InChI is InChI=1S/C17H27NO2/c1-5-11-12(6-2)14(8-4)17(13(11)7-3)18-15(19)9-10-16(18)20/h9-14,17H,5-8H2,1-4H3/t11-,12-,13-,14-/m0/s1. The fourth-order valence-electron chi connectivity index (χ4n) is 4.85. The van der Waals surface area contributed by atoms with Crippen LogP contribution in [-0.2, 0) is 9.59 Å². The minimum atomic E-state index is -0.108.